The van der Waals surface area contributed by atoms with E-state index in [-0.39, 0.29) is 12.1 Å². The SMILES string of the molecule is COC(OC)C1CCN(c2ccc(Br)cc2F)CC1. The first kappa shape index (κ1) is 14.8. The lowest BCUT2D eigenvalue weighted by Crippen LogP contribution is -2.39. The van der Waals surface area contributed by atoms with E-state index in [1.807, 2.05) is 12.1 Å². The maximum Gasteiger partial charge on any atom is 0.159 e. The molecule has 2 rings (SSSR count). The fourth-order valence-electron chi connectivity index (χ4n) is 2.63. The van der Waals surface area contributed by atoms with Crippen molar-refractivity contribution in [3.8, 4) is 0 Å². The van der Waals surface area contributed by atoms with E-state index in [1.54, 1.807) is 14.2 Å². The van der Waals surface area contributed by atoms with E-state index in [0.717, 1.165) is 30.4 Å². The van der Waals surface area contributed by atoms with Gasteiger partial charge in [0.1, 0.15) is 5.82 Å². The molecule has 1 fully saturated rings. The Hall–Kier alpha value is -0.650. The maximum absolute atomic E-state index is 13.9. The lowest BCUT2D eigenvalue weighted by Gasteiger charge is -2.36. The van der Waals surface area contributed by atoms with Gasteiger partial charge in [0.25, 0.3) is 0 Å². The van der Waals surface area contributed by atoms with Crippen LogP contribution in [0.4, 0.5) is 10.1 Å². The minimum Gasteiger partial charge on any atom is -0.369 e. The molecule has 0 amide bonds. The van der Waals surface area contributed by atoms with Crippen molar-refractivity contribution in [2.24, 2.45) is 5.92 Å². The fraction of sp³-hybridized carbons (Fsp3) is 0.571. The van der Waals surface area contributed by atoms with Gasteiger partial charge in [0.2, 0.25) is 0 Å². The number of anilines is 1. The molecule has 0 atom stereocenters. The average Bonchev–Trinajstić information content (AvgIpc) is 2.41. The van der Waals surface area contributed by atoms with Crippen LogP contribution in [-0.4, -0.2) is 33.6 Å². The Morgan fingerprint density at radius 1 is 1.26 bits per heavy atom. The zero-order chi connectivity index (χ0) is 13.8. The molecule has 0 saturated carbocycles. The maximum atomic E-state index is 13.9. The van der Waals surface area contributed by atoms with Gasteiger partial charge in [-0.2, -0.15) is 0 Å². The van der Waals surface area contributed by atoms with Crippen LogP contribution in [0.25, 0.3) is 0 Å². The van der Waals surface area contributed by atoms with Gasteiger partial charge in [0, 0.05) is 37.7 Å². The van der Waals surface area contributed by atoms with E-state index in [1.165, 1.54) is 6.07 Å². The normalized spacial score (nSPS) is 17.2. The number of methoxy groups -OCH3 is 2. The van der Waals surface area contributed by atoms with Crippen molar-refractivity contribution in [1.29, 1.82) is 0 Å². The van der Waals surface area contributed by atoms with Crippen LogP contribution < -0.4 is 4.90 Å². The Kier molecular flexibility index (Phi) is 5.19. The lowest BCUT2D eigenvalue weighted by atomic mass is 9.95. The van der Waals surface area contributed by atoms with E-state index < -0.39 is 0 Å². The third-order valence-electron chi connectivity index (χ3n) is 3.64. The Labute approximate surface area is 121 Å². The standard InChI is InChI=1S/C14H19BrFNO2/c1-18-14(19-2)10-5-7-17(8-6-10)13-4-3-11(15)9-12(13)16/h3-4,9-10,14H,5-8H2,1-2H3. The summed E-state index contributed by atoms with van der Waals surface area (Å²) in [4.78, 5) is 2.08. The molecular weight excluding hydrogens is 313 g/mol. The number of hydrogen-bond donors (Lipinski definition) is 0. The molecule has 1 aromatic rings. The minimum atomic E-state index is -0.178. The first-order valence-corrected chi connectivity index (χ1v) is 7.20. The predicted octanol–water partition coefficient (Wildman–Crippen LogP) is 3.42. The molecule has 1 aliphatic rings. The summed E-state index contributed by atoms with van der Waals surface area (Å²) in [5.74, 6) is 0.201. The van der Waals surface area contributed by atoms with Crippen molar-refractivity contribution in [2.75, 3.05) is 32.2 Å². The van der Waals surface area contributed by atoms with Gasteiger partial charge < -0.3 is 14.4 Å². The van der Waals surface area contributed by atoms with E-state index in [4.69, 9.17) is 9.47 Å². The molecule has 0 unspecified atom stereocenters. The van der Waals surface area contributed by atoms with E-state index in [9.17, 15) is 4.39 Å². The molecule has 0 bridgehead atoms. The fourth-order valence-corrected chi connectivity index (χ4v) is 2.96. The molecule has 1 saturated heterocycles. The summed E-state index contributed by atoms with van der Waals surface area (Å²) >= 11 is 3.28. The molecular formula is C14H19BrFNO2. The highest BCUT2D eigenvalue weighted by Crippen LogP contribution is 2.29. The zero-order valence-corrected chi connectivity index (χ0v) is 12.8. The summed E-state index contributed by atoms with van der Waals surface area (Å²) in [7, 11) is 3.32. The van der Waals surface area contributed by atoms with Crippen LogP contribution in [-0.2, 0) is 9.47 Å². The third-order valence-corrected chi connectivity index (χ3v) is 4.13. The number of rotatable bonds is 4. The second-order valence-electron chi connectivity index (χ2n) is 4.76. The summed E-state index contributed by atoms with van der Waals surface area (Å²) < 4.78 is 25.3. The molecule has 3 nitrogen and oxygen atoms in total. The van der Waals surface area contributed by atoms with Gasteiger partial charge in [-0.05, 0) is 31.0 Å². The lowest BCUT2D eigenvalue weighted by molar-refractivity contribution is -0.141. The number of piperidine rings is 1. The van der Waals surface area contributed by atoms with Gasteiger partial charge in [-0.1, -0.05) is 15.9 Å². The first-order valence-electron chi connectivity index (χ1n) is 6.41. The minimum absolute atomic E-state index is 0.156. The van der Waals surface area contributed by atoms with Gasteiger partial charge >= 0.3 is 0 Å². The summed E-state index contributed by atoms with van der Waals surface area (Å²) in [6, 6.07) is 5.20. The number of halogens is 2. The molecule has 0 N–H and O–H groups in total. The number of nitrogens with zero attached hydrogens (tertiary/aromatic N) is 1. The number of benzene rings is 1. The number of hydrogen-bond acceptors (Lipinski definition) is 3. The molecule has 0 spiro atoms. The van der Waals surface area contributed by atoms with Gasteiger partial charge in [0.05, 0.1) is 5.69 Å². The van der Waals surface area contributed by atoms with Gasteiger partial charge in [-0.15, -0.1) is 0 Å². The molecule has 1 aromatic carbocycles. The zero-order valence-electron chi connectivity index (χ0n) is 11.2. The Morgan fingerprint density at radius 3 is 2.42 bits per heavy atom. The van der Waals surface area contributed by atoms with Crippen molar-refractivity contribution in [3.05, 3.63) is 28.5 Å². The van der Waals surface area contributed by atoms with Crippen LogP contribution in [0, 0.1) is 11.7 Å². The smallest absolute Gasteiger partial charge is 0.159 e. The van der Waals surface area contributed by atoms with E-state index in [2.05, 4.69) is 20.8 Å². The second kappa shape index (κ2) is 6.68. The molecule has 5 heteroatoms. The van der Waals surface area contributed by atoms with Crippen molar-refractivity contribution in [1.82, 2.24) is 0 Å². The molecule has 1 aliphatic heterocycles. The predicted molar refractivity (Wildman–Crippen MR) is 76.8 cm³/mol. The number of ether oxygens (including phenoxy) is 2. The molecule has 1 heterocycles. The molecule has 106 valence electrons. The molecule has 0 aliphatic carbocycles. The molecule has 0 aromatic heterocycles. The first-order chi connectivity index (χ1) is 9.15. The average molecular weight is 332 g/mol. The highest BCUT2D eigenvalue weighted by molar-refractivity contribution is 9.10. The van der Waals surface area contributed by atoms with Crippen LogP contribution in [0.2, 0.25) is 0 Å². The molecule has 19 heavy (non-hydrogen) atoms. The molecule has 0 radical (unpaired) electrons. The van der Waals surface area contributed by atoms with Gasteiger partial charge in [-0.25, -0.2) is 4.39 Å². The van der Waals surface area contributed by atoms with Crippen LogP contribution in [0.1, 0.15) is 12.8 Å². The van der Waals surface area contributed by atoms with Crippen molar-refractivity contribution >= 4 is 21.6 Å². The van der Waals surface area contributed by atoms with Crippen LogP contribution in [0.15, 0.2) is 22.7 Å². The van der Waals surface area contributed by atoms with Crippen molar-refractivity contribution in [3.63, 3.8) is 0 Å². The largest absolute Gasteiger partial charge is 0.369 e. The summed E-state index contributed by atoms with van der Waals surface area (Å²) in [6.07, 6.45) is 1.74. The van der Waals surface area contributed by atoms with Crippen LogP contribution in [0.5, 0.6) is 0 Å². The quantitative estimate of drug-likeness (QED) is 0.789. The van der Waals surface area contributed by atoms with E-state index >= 15 is 0 Å². The third kappa shape index (κ3) is 3.46. The van der Waals surface area contributed by atoms with Gasteiger partial charge in [0.15, 0.2) is 6.29 Å². The Morgan fingerprint density at radius 2 is 1.89 bits per heavy atom. The summed E-state index contributed by atoms with van der Waals surface area (Å²) in [5.41, 5.74) is 0.674. The van der Waals surface area contributed by atoms with E-state index in [0.29, 0.717) is 11.6 Å². The van der Waals surface area contributed by atoms with Crippen LogP contribution in [0.3, 0.4) is 0 Å². The van der Waals surface area contributed by atoms with Gasteiger partial charge in [-0.3, -0.25) is 0 Å². The monoisotopic (exact) mass is 331 g/mol. The van der Waals surface area contributed by atoms with Crippen molar-refractivity contribution < 1.29 is 13.9 Å². The highest BCUT2D eigenvalue weighted by atomic mass is 79.9. The van der Waals surface area contributed by atoms with Crippen molar-refractivity contribution in [2.45, 2.75) is 19.1 Å². The Balaban J connectivity index is 1.99. The van der Waals surface area contributed by atoms with Crippen LogP contribution >= 0.6 is 15.9 Å². The topological polar surface area (TPSA) is 21.7 Å². The summed E-state index contributed by atoms with van der Waals surface area (Å²) in [6.45, 7) is 1.65. The summed E-state index contributed by atoms with van der Waals surface area (Å²) in [5, 5.41) is 0. The second-order valence-corrected chi connectivity index (χ2v) is 5.68. The Bertz CT molecular complexity index is 418. The highest BCUT2D eigenvalue weighted by Gasteiger charge is 2.27.